The normalized spacial score (nSPS) is 24.2. The topological polar surface area (TPSA) is 69.6 Å². The number of carbonyl (C=O) groups is 2. The molecule has 3 rings (SSSR count). The molecule has 2 amide bonds. The van der Waals surface area contributed by atoms with E-state index in [2.05, 4.69) is 45.1 Å². The molecule has 158 valence electrons. The van der Waals surface area contributed by atoms with Gasteiger partial charge in [0.15, 0.2) is 0 Å². The van der Waals surface area contributed by atoms with E-state index >= 15 is 0 Å². The molecule has 2 N–H and O–H groups in total. The highest BCUT2D eigenvalue weighted by Gasteiger charge is 2.41. The van der Waals surface area contributed by atoms with Crippen molar-refractivity contribution in [3.63, 3.8) is 0 Å². The predicted molar refractivity (Wildman–Crippen MR) is 115 cm³/mol. The minimum atomic E-state index is -0.924. The first-order valence-electron chi connectivity index (χ1n) is 10.3. The minimum Gasteiger partial charge on any atom is -0.481 e. The maximum absolute atomic E-state index is 12.7. The standard InChI is InChI=1S/C23H31ClN2O3/c1-14(2)18-13-26(9-8-20(27)28)21(29)25-23(18,5)16-6-7-17(19(24)10-16)15-11-22(3,4)12-15/h6-7,10,13-15H,8-9,11-12H2,1-5H3,(H,25,29)(H,27,28)/t23-/m0/s1. The molecule has 0 saturated heterocycles. The Bertz CT molecular complexity index is 854. The van der Waals surface area contributed by atoms with Crippen LogP contribution in [0.4, 0.5) is 4.79 Å². The average Bonchev–Trinajstić information content (AvgIpc) is 2.58. The number of carboxylic acid groups (broad SMARTS) is 1. The quantitative estimate of drug-likeness (QED) is 0.640. The highest BCUT2D eigenvalue weighted by Crippen LogP contribution is 2.52. The van der Waals surface area contributed by atoms with Crippen molar-refractivity contribution >= 4 is 23.6 Å². The van der Waals surface area contributed by atoms with Gasteiger partial charge >= 0.3 is 12.0 Å². The summed E-state index contributed by atoms with van der Waals surface area (Å²) < 4.78 is 0. The number of urea groups is 1. The smallest absolute Gasteiger partial charge is 0.322 e. The van der Waals surface area contributed by atoms with E-state index < -0.39 is 11.5 Å². The van der Waals surface area contributed by atoms with Crippen LogP contribution in [0.3, 0.4) is 0 Å². The second kappa shape index (κ2) is 7.67. The van der Waals surface area contributed by atoms with Crippen LogP contribution < -0.4 is 5.32 Å². The molecule has 0 spiro atoms. The molecule has 1 heterocycles. The van der Waals surface area contributed by atoms with Gasteiger partial charge in [-0.15, -0.1) is 0 Å². The van der Waals surface area contributed by atoms with Crippen molar-refractivity contribution in [2.75, 3.05) is 6.54 Å². The van der Waals surface area contributed by atoms with Crippen molar-refractivity contribution in [1.29, 1.82) is 0 Å². The summed E-state index contributed by atoms with van der Waals surface area (Å²) in [5, 5.41) is 12.8. The van der Waals surface area contributed by atoms with Gasteiger partial charge in [0.2, 0.25) is 0 Å². The Morgan fingerprint density at radius 2 is 1.97 bits per heavy atom. The molecule has 0 unspecified atom stereocenters. The van der Waals surface area contributed by atoms with Crippen molar-refractivity contribution in [2.45, 2.75) is 65.3 Å². The van der Waals surface area contributed by atoms with Gasteiger partial charge in [0.1, 0.15) is 0 Å². The fourth-order valence-corrected chi connectivity index (χ4v) is 5.06. The second-order valence-electron chi connectivity index (χ2n) is 9.64. The zero-order chi connectivity index (χ0) is 21.6. The van der Waals surface area contributed by atoms with Crippen molar-refractivity contribution in [3.8, 4) is 0 Å². The van der Waals surface area contributed by atoms with Crippen LogP contribution in [0.25, 0.3) is 0 Å². The van der Waals surface area contributed by atoms with E-state index in [9.17, 15) is 9.59 Å². The fourth-order valence-electron chi connectivity index (χ4n) is 4.72. The number of nitrogens with zero attached hydrogens (tertiary/aromatic N) is 1. The molecule has 6 heteroatoms. The number of hydrogen-bond donors (Lipinski definition) is 2. The minimum absolute atomic E-state index is 0.0930. The molecule has 1 atom stereocenters. The molecule has 0 radical (unpaired) electrons. The summed E-state index contributed by atoms with van der Waals surface area (Å²) in [4.78, 5) is 25.1. The van der Waals surface area contributed by atoms with Gasteiger partial charge in [0.05, 0.1) is 12.0 Å². The number of amides is 2. The SMILES string of the molecule is CC(C)C1=CN(CCC(=O)O)C(=O)N[C@@]1(C)c1ccc(C2CC(C)(C)C2)c(Cl)c1. The lowest BCUT2D eigenvalue weighted by molar-refractivity contribution is -0.137. The molecule has 29 heavy (non-hydrogen) atoms. The maximum atomic E-state index is 12.7. The van der Waals surface area contributed by atoms with Crippen LogP contribution in [0.5, 0.6) is 0 Å². The lowest BCUT2D eigenvalue weighted by Crippen LogP contribution is -2.55. The number of aliphatic carboxylic acids is 1. The molecule has 1 fully saturated rings. The third-order valence-electron chi connectivity index (χ3n) is 6.29. The number of benzene rings is 1. The van der Waals surface area contributed by atoms with E-state index in [-0.39, 0.29) is 24.9 Å². The summed E-state index contributed by atoms with van der Waals surface area (Å²) in [7, 11) is 0. The van der Waals surface area contributed by atoms with Crippen LogP contribution in [0.2, 0.25) is 5.02 Å². The zero-order valence-corrected chi connectivity index (χ0v) is 18.6. The zero-order valence-electron chi connectivity index (χ0n) is 17.9. The number of carbonyl (C=O) groups excluding carboxylic acids is 1. The first-order chi connectivity index (χ1) is 13.4. The number of rotatable bonds is 6. The molecule has 5 nitrogen and oxygen atoms in total. The van der Waals surface area contributed by atoms with Gasteiger partial charge in [-0.2, -0.15) is 0 Å². The first kappa shape index (κ1) is 21.7. The molecule has 0 aromatic heterocycles. The lowest BCUT2D eigenvalue weighted by Gasteiger charge is -2.44. The van der Waals surface area contributed by atoms with Crippen LogP contribution in [-0.4, -0.2) is 28.6 Å². The number of halogens is 1. The van der Waals surface area contributed by atoms with Crippen molar-refractivity contribution in [3.05, 3.63) is 46.1 Å². The van der Waals surface area contributed by atoms with Gasteiger partial charge in [-0.1, -0.05) is 51.4 Å². The molecular formula is C23H31ClN2O3. The molecule has 1 saturated carbocycles. The Hall–Kier alpha value is -2.01. The van der Waals surface area contributed by atoms with Gasteiger partial charge < -0.3 is 15.3 Å². The number of carboxylic acids is 1. The van der Waals surface area contributed by atoms with Crippen molar-refractivity contribution < 1.29 is 14.7 Å². The molecule has 0 bridgehead atoms. The Morgan fingerprint density at radius 1 is 1.31 bits per heavy atom. The molecule has 2 aliphatic rings. The Kier molecular flexibility index (Phi) is 5.74. The van der Waals surface area contributed by atoms with Crippen LogP contribution in [-0.2, 0) is 10.3 Å². The summed E-state index contributed by atoms with van der Waals surface area (Å²) >= 11 is 6.68. The predicted octanol–water partition coefficient (Wildman–Crippen LogP) is 5.50. The van der Waals surface area contributed by atoms with Gasteiger partial charge in [-0.3, -0.25) is 4.79 Å². The Balaban J connectivity index is 1.91. The largest absolute Gasteiger partial charge is 0.481 e. The van der Waals surface area contributed by atoms with Gasteiger partial charge in [0, 0.05) is 17.8 Å². The third-order valence-corrected chi connectivity index (χ3v) is 6.62. The van der Waals surface area contributed by atoms with E-state index in [0.717, 1.165) is 29.0 Å². The monoisotopic (exact) mass is 418 g/mol. The van der Waals surface area contributed by atoms with E-state index in [0.29, 0.717) is 11.3 Å². The van der Waals surface area contributed by atoms with Crippen LogP contribution in [0, 0.1) is 11.3 Å². The number of nitrogens with one attached hydrogen (secondary N) is 1. The molecule has 1 aliphatic heterocycles. The van der Waals surface area contributed by atoms with Gasteiger partial charge in [-0.25, -0.2) is 4.79 Å². The fraction of sp³-hybridized carbons (Fsp3) is 0.565. The maximum Gasteiger partial charge on any atom is 0.322 e. The van der Waals surface area contributed by atoms with E-state index in [1.54, 1.807) is 0 Å². The van der Waals surface area contributed by atoms with Crippen molar-refractivity contribution in [2.24, 2.45) is 11.3 Å². The van der Waals surface area contributed by atoms with Crippen LogP contribution in [0.15, 0.2) is 30.0 Å². The van der Waals surface area contributed by atoms with Gasteiger partial charge in [-0.05, 0) is 59.8 Å². The van der Waals surface area contributed by atoms with Gasteiger partial charge in [0.25, 0.3) is 0 Å². The summed E-state index contributed by atoms with van der Waals surface area (Å²) in [5.41, 5.74) is 2.83. The summed E-state index contributed by atoms with van der Waals surface area (Å²) in [6.07, 6.45) is 3.98. The summed E-state index contributed by atoms with van der Waals surface area (Å²) in [5.74, 6) is -0.266. The lowest BCUT2D eigenvalue weighted by atomic mass is 9.62. The number of hydrogen-bond acceptors (Lipinski definition) is 2. The Morgan fingerprint density at radius 3 is 2.48 bits per heavy atom. The van der Waals surface area contributed by atoms with E-state index in [4.69, 9.17) is 16.7 Å². The molecular weight excluding hydrogens is 388 g/mol. The van der Waals surface area contributed by atoms with E-state index in [1.165, 1.54) is 10.5 Å². The molecule has 1 aliphatic carbocycles. The second-order valence-corrected chi connectivity index (χ2v) is 10.0. The highest BCUT2D eigenvalue weighted by atomic mass is 35.5. The van der Waals surface area contributed by atoms with Crippen LogP contribution in [0.1, 0.15) is 70.9 Å². The molecule has 1 aromatic carbocycles. The van der Waals surface area contributed by atoms with Crippen molar-refractivity contribution in [1.82, 2.24) is 10.2 Å². The van der Waals surface area contributed by atoms with E-state index in [1.807, 2.05) is 19.2 Å². The molecule has 1 aromatic rings. The first-order valence-corrected chi connectivity index (χ1v) is 10.6. The summed E-state index contributed by atoms with van der Waals surface area (Å²) in [6, 6.07) is 5.85. The summed E-state index contributed by atoms with van der Waals surface area (Å²) in [6.45, 7) is 10.8. The van der Waals surface area contributed by atoms with Crippen LogP contribution >= 0.6 is 11.6 Å². The highest BCUT2D eigenvalue weighted by molar-refractivity contribution is 6.31. The third kappa shape index (κ3) is 4.30. The average molecular weight is 419 g/mol. The Labute approximate surface area is 178 Å².